The lowest BCUT2D eigenvalue weighted by Crippen LogP contribution is -2.39. The van der Waals surface area contributed by atoms with Gasteiger partial charge in [0, 0.05) is 9.50 Å². The molecule has 38 heavy (non-hydrogen) atoms. The average molecular weight is 613 g/mol. The quantitative estimate of drug-likeness (QED) is 0.175. The van der Waals surface area contributed by atoms with E-state index in [1.54, 1.807) is 66.7 Å². The van der Waals surface area contributed by atoms with Crippen molar-refractivity contribution >= 4 is 55.4 Å². The van der Waals surface area contributed by atoms with Gasteiger partial charge in [0.15, 0.2) is 0 Å². The zero-order valence-electron chi connectivity index (χ0n) is 20.0. The van der Waals surface area contributed by atoms with Crippen LogP contribution in [-0.4, -0.2) is 27.1 Å². The molecule has 0 aliphatic rings. The third-order valence-electron chi connectivity index (χ3n) is 5.32. The van der Waals surface area contributed by atoms with E-state index in [9.17, 15) is 13.2 Å². The van der Waals surface area contributed by atoms with E-state index in [1.165, 1.54) is 18.3 Å². The standard InChI is InChI=1S/C28H23BrClN3O4S/c29-23-5-4-6-25(17-23)33(38(35,36)27-7-2-1-3-8-27)19-28(34)32-31-18-21-11-15-26(16-12-21)37-20-22-9-13-24(30)14-10-22/h1-18H,19-20H2,(H,32,34)/b31-18-. The molecule has 0 aliphatic heterocycles. The fraction of sp³-hybridized carbons (Fsp3) is 0.0714. The molecule has 4 rings (SSSR count). The van der Waals surface area contributed by atoms with E-state index in [-0.39, 0.29) is 4.90 Å². The first-order valence-corrected chi connectivity index (χ1v) is 14.0. The molecule has 1 amide bonds. The number of amides is 1. The molecule has 194 valence electrons. The van der Waals surface area contributed by atoms with E-state index in [2.05, 4.69) is 26.5 Å². The summed E-state index contributed by atoms with van der Waals surface area (Å²) in [7, 11) is -4.00. The van der Waals surface area contributed by atoms with Gasteiger partial charge in [-0.1, -0.05) is 63.9 Å². The fourth-order valence-corrected chi connectivity index (χ4v) is 5.36. The third kappa shape index (κ3) is 7.44. The summed E-state index contributed by atoms with van der Waals surface area (Å²) in [6, 6.07) is 29.3. The number of anilines is 1. The molecule has 1 N–H and O–H groups in total. The van der Waals surface area contributed by atoms with Crippen molar-refractivity contribution in [3.8, 4) is 5.75 Å². The minimum absolute atomic E-state index is 0.0784. The number of halogens is 2. The van der Waals surface area contributed by atoms with Crippen LogP contribution in [0.4, 0.5) is 5.69 Å². The Morgan fingerprint density at radius 2 is 1.66 bits per heavy atom. The maximum absolute atomic E-state index is 13.3. The van der Waals surface area contributed by atoms with Crippen molar-refractivity contribution in [2.24, 2.45) is 5.10 Å². The van der Waals surface area contributed by atoms with E-state index in [4.69, 9.17) is 16.3 Å². The topological polar surface area (TPSA) is 88.1 Å². The number of carbonyl (C=O) groups excluding carboxylic acids is 1. The Balaban J connectivity index is 1.39. The van der Waals surface area contributed by atoms with Crippen LogP contribution in [0.1, 0.15) is 11.1 Å². The van der Waals surface area contributed by atoms with Gasteiger partial charge in [-0.3, -0.25) is 9.10 Å². The summed E-state index contributed by atoms with van der Waals surface area (Å²) >= 11 is 9.26. The second-order valence-corrected chi connectivity index (χ2v) is 11.3. The van der Waals surface area contributed by atoms with Crippen molar-refractivity contribution in [1.29, 1.82) is 0 Å². The van der Waals surface area contributed by atoms with Crippen molar-refractivity contribution < 1.29 is 17.9 Å². The van der Waals surface area contributed by atoms with Gasteiger partial charge in [0.2, 0.25) is 0 Å². The van der Waals surface area contributed by atoms with Gasteiger partial charge in [0.05, 0.1) is 16.8 Å². The first-order valence-electron chi connectivity index (χ1n) is 11.4. The zero-order valence-corrected chi connectivity index (χ0v) is 23.2. The minimum atomic E-state index is -4.00. The van der Waals surface area contributed by atoms with Gasteiger partial charge < -0.3 is 4.74 Å². The van der Waals surface area contributed by atoms with Gasteiger partial charge in [0.1, 0.15) is 18.9 Å². The van der Waals surface area contributed by atoms with Gasteiger partial charge in [-0.05, 0) is 77.9 Å². The van der Waals surface area contributed by atoms with Crippen LogP contribution >= 0.6 is 27.5 Å². The highest BCUT2D eigenvalue weighted by molar-refractivity contribution is 9.10. The Bertz CT molecular complexity index is 1510. The number of sulfonamides is 1. The number of ether oxygens (including phenoxy) is 1. The van der Waals surface area contributed by atoms with E-state index < -0.39 is 22.5 Å². The molecule has 4 aromatic rings. The molecule has 0 aliphatic carbocycles. The van der Waals surface area contributed by atoms with Crippen LogP contribution in [0.3, 0.4) is 0 Å². The van der Waals surface area contributed by atoms with Crippen LogP contribution in [0.5, 0.6) is 5.75 Å². The summed E-state index contributed by atoms with van der Waals surface area (Å²) in [5.41, 5.74) is 4.47. The number of hydrogen-bond donors (Lipinski definition) is 1. The maximum atomic E-state index is 13.3. The van der Waals surface area contributed by atoms with Gasteiger partial charge in [0.25, 0.3) is 15.9 Å². The van der Waals surface area contributed by atoms with Gasteiger partial charge in [-0.2, -0.15) is 5.10 Å². The molecule has 0 saturated heterocycles. The Morgan fingerprint density at radius 1 is 0.947 bits per heavy atom. The molecule has 0 aromatic heterocycles. The van der Waals surface area contributed by atoms with Gasteiger partial charge in [-0.15, -0.1) is 0 Å². The monoisotopic (exact) mass is 611 g/mol. The third-order valence-corrected chi connectivity index (χ3v) is 7.85. The molecule has 7 nitrogen and oxygen atoms in total. The highest BCUT2D eigenvalue weighted by Crippen LogP contribution is 2.26. The van der Waals surface area contributed by atoms with Crippen molar-refractivity contribution in [2.45, 2.75) is 11.5 Å². The lowest BCUT2D eigenvalue weighted by molar-refractivity contribution is -0.119. The van der Waals surface area contributed by atoms with Crippen molar-refractivity contribution in [3.05, 3.63) is 124 Å². The van der Waals surface area contributed by atoms with Crippen LogP contribution < -0.4 is 14.5 Å². The largest absolute Gasteiger partial charge is 0.489 e. The Hall–Kier alpha value is -3.66. The maximum Gasteiger partial charge on any atom is 0.264 e. The van der Waals surface area contributed by atoms with Crippen molar-refractivity contribution in [1.82, 2.24) is 5.43 Å². The van der Waals surface area contributed by atoms with Crippen LogP contribution in [0.25, 0.3) is 0 Å². The number of nitrogens with zero attached hydrogens (tertiary/aromatic N) is 2. The van der Waals surface area contributed by atoms with Crippen LogP contribution in [-0.2, 0) is 21.4 Å². The van der Waals surface area contributed by atoms with E-state index in [0.717, 1.165) is 15.4 Å². The zero-order chi connectivity index (χ0) is 27.0. The summed E-state index contributed by atoms with van der Waals surface area (Å²) in [5.74, 6) is 0.0839. The molecule has 0 heterocycles. The number of hydrogen-bond acceptors (Lipinski definition) is 5. The Morgan fingerprint density at radius 3 is 2.34 bits per heavy atom. The highest BCUT2D eigenvalue weighted by Gasteiger charge is 2.27. The second-order valence-electron chi connectivity index (χ2n) is 8.08. The number of hydrazone groups is 1. The molecular weight excluding hydrogens is 590 g/mol. The van der Waals surface area contributed by atoms with Crippen molar-refractivity contribution in [2.75, 3.05) is 10.8 Å². The summed E-state index contributed by atoms with van der Waals surface area (Å²) in [6.07, 6.45) is 1.47. The molecule has 0 saturated carbocycles. The second kappa shape index (κ2) is 12.7. The molecular formula is C28H23BrClN3O4S. The van der Waals surface area contributed by atoms with Gasteiger partial charge >= 0.3 is 0 Å². The van der Waals surface area contributed by atoms with E-state index >= 15 is 0 Å². The normalized spacial score (nSPS) is 11.3. The molecule has 0 fully saturated rings. The molecule has 0 radical (unpaired) electrons. The summed E-state index contributed by atoms with van der Waals surface area (Å²) in [6.45, 7) is -0.0520. The van der Waals surface area contributed by atoms with E-state index in [1.807, 2.05) is 24.3 Å². The summed E-state index contributed by atoms with van der Waals surface area (Å²) in [4.78, 5) is 12.8. The Kier molecular flexibility index (Phi) is 9.17. The van der Waals surface area contributed by atoms with Crippen LogP contribution in [0, 0.1) is 0 Å². The fourth-order valence-electron chi connectivity index (χ4n) is 3.41. The summed E-state index contributed by atoms with van der Waals surface area (Å²) < 4.78 is 34.2. The predicted octanol–water partition coefficient (Wildman–Crippen LogP) is 6.03. The molecule has 0 bridgehead atoms. The Labute approximate surface area is 234 Å². The highest BCUT2D eigenvalue weighted by atomic mass is 79.9. The minimum Gasteiger partial charge on any atom is -0.489 e. The number of rotatable bonds is 10. The van der Waals surface area contributed by atoms with Crippen LogP contribution in [0.2, 0.25) is 5.02 Å². The molecule has 4 aromatic carbocycles. The molecule has 10 heteroatoms. The van der Waals surface area contributed by atoms with Crippen LogP contribution in [0.15, 0.2) is 118 Å². The smallest absolute Gasteiger partial charge is 0.264 e. The molecule has 0 unspecified atom stereocenters. The molecule has 0 spiro atoms. The number of benzene rings is 4. The average Bonchev–Trinajstić information content (AvgIpc) is 2.92. The summed E-state index contributed by atoms with van der Waals surface area (Å²) in [5, 5.41) is 4.65. The SMILES string of the molecule is O=C(CN(c1cccc(Br)c1)S(=O)(=O)c1ccccc1)N/N=C\c1ccc(OCc2ccc(Cl)cc2)cc1. The first kappa shape index (κ1) is 27.4. The van der Waals surface area contributed by atoms with Gasteiger partial charge in [-0.25, -0.2) is 13.8 Å². The lowest BCUT2D eigenvalue weighted by atomic mass is 10.2. The lowest BCUT2D eigenvalue weighted by Gasteiger charge is -2.23. The van der Waals surface area contributed by atoms with E-state index in [0.29, 0.717) is 27.5 Å². The number of carbonyl (C=O) groups is 1. The predicted molar refractivity (Wildman–Crippen MR) is 153 cm³/mol. The van der Waals surface area contributed by atoms with Crippen molar-refractivity contribution in [3.63, 3.8) is 0 Å². The first-order chi connectivity index (χ1) is 18.3. The number of nitrogens with one attached hydrogen (secondary N) is 1. The molecule has 0 atom stereocenters.